The molecule has 0 aromatic heterocycles. The predicted octanol–water partition coefficient (Wildman–Crippen LogP) is 3.29. The van der Waals surface area contributed by atoms with Gasteiger partial charge in [-0.05, 0) is 38.4 Å². The third kappa shape index (κ3) is 3.30. The molecule has 3 rings (SSSR count). The average molecular weight is 379 g/mol. The van der Waals surface area contributed by atoms with Crippen LogP contribution in [0.3, 0.4) is 0 Å². The molecule has 0 amide bonds. The molecule has 0 N–H and O–H groups in total. The van der Waals surface area contributed by atoms with Crippen LogP contribution in [0.1, 0.15) is 0 Å². The number of rotatable bonds is 5. The highest BCUT2D eigenvalue weighted by atomic mass is 32.2. The van der Waals surface area contributed by atoms with Crippen LogP contribution in [-0.4, -0.2) is 40.5 Å². The Hall–Kier alpha value is -2.45. The number of anilines is 3. The average Bonchev–Trinajstić information content (AvgIpc) is 2.79. The fourth-order valence-corrected chi connectivity index (χ4v) is 4.42. The molecule has 0 saturated carbocycles. The molecule has 0 atom stereocenters. The van der Waals surface area contributed by atoms with Crippen molar-refractivity contribution in [1.29, 1.82) is 0 Å². The van der Waals surface area contributed by atoms with Crippen LogP contribution >= 0.6 is 0 Å². The minimum Gasteiger partial charge on any atom is -0.306 e. The first-order chi connectivity index (χ1) is 12.3. The van der Waals surface area contributed by atoms with E-state index in [1.54, 1.807) is 30.3 Å². The van der Waals surface area contributed by atoms with Crippen LogP contribution in [0.2, 0.25) is 0 Å². The van der Waals surface area contributed by atoms with Gasteiger partial charge in [-0.25, -0.2) is 17.4 Å². The topological polar surface area (TPSA) is 43.9 Å². The van der Waals surface area contributed by atoms with E-state index in [1.807, 2.05) is 25.1 Å². The van der Waals surface area contributed by atoms with Crippen molar-refractivity contribution >= 4 is 27.3 Å². The van der Waals surface area contributed by atoms with E-state index in [4.69, 9.17) is 0 Å². The molecule has 0 saturated heterocycles. The van der Waals surface area contributed by atoms with Gasteiger partial charge in [0.2, 0.25) is 0 Å². The van der Waals surface area contributed by atoms with Gasteiger partial charge >= 0.3 is 10.2 Å². The van der Waals surface area contributed by atoms with Crippen LogP contribution in [0.5, 0.6) is 0 Å². The standard InChI is InChI=1S/C18H19F2N3O2S/c1-21(2)11-5-6-12-22-17-7-3-4-8-18(17)23(26(22,24)25)16-10-9-14(19)13-15(16)20/h3-10,13H,11-12H2,1-2H3. The molecule has 1 aliphatic heterocycles. The van der Waals surface area contributed by atoms with E-state index in [-0.39, 0.29) is 12.2 Å². The second kappa shape index (κ2) is 7.05. The maximum Gasteiger partial charge on any atom is 0.331 e. The molecular weight excluding hydrogens is 360 g/mol. The Kier molecular flexibility index (Phi) is 4.97. The first kappa shape index (κ1) is 18.3. The zero-order chi connectivity index (χ0) is 18.9. The highest BCUT2D eigenvalue weighted by molar-refractivity contribution is 7.95. The molecule has 0 aliphatic carbocycles. The van der Waals surface area contributed by atoms with E-state index in [9.17, 15) is 17.2 Å². The molecule has 0 spiro atoms. The molecule has 0 unspecified atom stereocenters. The third-order valence-corrected chi connectivity index (χ3v) is 5.67. The van der Waals surface area contributed by atoms with Crippen molar-refractivity contribution in [2.75, 3.05) is 35.8 Å². The first-order valence-electron chi connectivity index (χ1n) is 7.99. The Bertz CT molecular complexity index is 945. The molecule has 5 nitrogen and oxygen atoms in total. The van der Waals surface area contributed by atoms with Gasteiger partial charge < -0.3 is 4.90 Å². The molecule has 1 aliphatic rings. The summed E-state index contributed by atoms with van der Waals surface area (Å²) in [5, 5.41) is 0. The van der Waals surface area contributed by atoms with Crippen molar-refractivity contribution in [1.82, 2.24) is 4.90 Å². The summed E-state index contributed by atoms with van der Waals surface area (Å²) in [6.07, 6.45) is 3.61. The molecule has 26 heavy (non-hydrogen) atoms. The van der Waals surface area contributed by atoms with Gasteiger partial charge in [0.15, 0.2) is 5.82 Å². The molecule has 1 heterocycles. The van der Waals surface area contributed by atoms with Gasteiger partial charge in [-0.15, -0.1) is 0 Å². The SMILES string of the molecule is CN(C)CC=CCN1c2ccccc2N(c2ccc(F)cc2F)S1(=O)=O. The Morgan fingerprint density at radius 3 is 2.35 bits per heavy atom. The molecular formula is C18H19F2N3O2S. The van der Waals surface area contributed by atoms with Crippen LogP contribution in [-0.2, 0) is 10.2 Å². The van der Waals surface area contributed by atoms with Crippen LogP contribution in [0.25, 0.3) is 0 Å². The van der Waals surface area contributed by atoms with Gasteiger partial charge in [-0.3, -0.25) is 0 Å². The van der Waals surface area contributed by atoms with Crippen molar-refractivity contribution in [3.8, 4) is 0 Å². The smallest absolute Gasteiger partial charge is 0.306 e. The maximum absolute atomic E-state index is 14.3. The summed E-state index contributed by atoms with van der Waals surface area (Å²) in [4.78, 5) is 1.95. The fourth-order valence-electron chi connectivity index (χ4n) is 2.74. The van der Waals surface area contributed by atoms with Crippen molar-refractivity contribution in [2.45, 2.75) is 0 Å². The maximum atomic E-state index is 14.3. The van der Waals surface area contributed by atoms with Crippen molar-refractivity contribution in [2.24, 2.45) is 0 Å². The predicted molar refractivity (Wildman–Crippen MR) is 98.9 cm³/mol. The highest BCUT2D eigenvalue weighted by Gasteiger charge is 2.41. The van der Waals surface area contributed by atoms with Gasteiger partial charge in [0.1, 0.15) is 5.82 Å². The quantitative estimate of drug-likeness (QED) is 0.749. The van der Waals surface area contributed by atoms with E-state index in [2.05, 4.69) is 0 Å². The summed E-state index contributed by atoms with van der Waals surface area (Å²) in [6, 6.07) is 9.49. The number of benzene rings is 2. The van der Waals surface area contributed by atoms with Crippen LogP contribution in [0, 0.1) is 11.6 Å². The van der Waals surface area contributed by atoms with Crippen molar-refractivity contribution in [3.63, 3.8) is 0 Å². The molecule has 0 radical (unpaired) electrons. The fraction of sp³-hybridized carbons (Fsp3) is 0.222. The minimum absolute atomic E-state index is 0.118. The van der Waals surface area contributed by atoms with Gasteiger partial charge in [0.05, 0.1) is 23.6 Å². The Labute approximate surface area is 151 Å². The lowest BCUT2D eigenvalue weighted by Crippen LogP contribution is -2.35. The summed E-state index contributed by atoms with van der Waals surface area (Å²) in [6.45, 7) is 0.790. The molecule has 8 heteroatoms. The number of halogens is 2. The number of hydrogen-bond acceptors (Lipinski definition) is 3. The number of hydrogen-bond donors (Lipinski definition) is 0. The van der Waals surface area contributed by atoms with E-state index in [1.165, 1.54) is 4.31 Å². The molecule has 2 aromatic carbocycles. The van der Waals surface area contributed by atoms with Crippen LogP contribution in [0.15, 0.2) is 54.6 Å². The number of likely N-dealkylation sites (N-methyl/N-ethyl adjacent to an activating group) is 1. The summed E-state index contributed by atoms with van der Waals surface area (Å²) in [5.41, 5.74) is 0.573. The van der Waals surface area contributed by atoms with E-state index < -0.39 is 21.8 Å². The minimum atomic E-state index is -4.04. The third-order valence-electron chi connectivity index (χ3n) is 3.92. The van der Waals surface area contributed by atoms with Crippen molar-refractivity contribution < 1.29 is 17.2 Å². The molecule has 2 aromatic rings. The Balaban J connectivity index is 2.03. The first-order valence-corrected chi connectivity index (χ1v) is 9.39. The number of para-hydroxylation sites is 2. The van der Waals surface area contributed by atoms with E-state index in [0.717, 1.165) is 16.4 Å². The normalized spacial score (nSPS) is 15.9. The summed E-state index contributed by atoms with van der Waals surface area (Å²) < 4.78 is 55.8. The van der Waals surface area contributed by atoms with Gasteiger partial charge in [0.25, 0.3) is 0 Å². The molecule has 0 fully saturated rings. The number of nitrogens with zero attached hydrogens (tertiary/aromatic N) is 3. The van der Waals surface area contributed by atoms with Crippen LogP contribution < -0.4 is 8.61 Å². The Morgan fingerprint density at radius 1 is 1.00 bits per heavy atom. The van der Waals surface area contributed by atoms with E-state index >= 15 is 0 Å². The van der Waals surface area contributed by atoms with Gasteiger partial charge in [-0.1, -0.05) is 24.3 Å². The zero-order valence-corrected chi connectivity index (χ0v) is 15.2. The van der Waals surface area contributed by atoms with Gasteiger partial charge in [-0.2, -0.15) is 8.42 Å². The largest absolute Gasteiger partial charge is 0.331 e. The lowest BCUT2D eigenvalue weighted by atomic mass is 10.2. The van der Waals surface area contributed by atoms with Gasteiger partial charge in [0, 0.05) is 12.6 Å². The monoisotopic (exact) mass is 379 g/mol. The summed E-state index contributed by atoms with van der Waals surface area (Å²) >= 11 is 0. The van der Waals surface area contributed by atoms with E-state index in [0.29, 0.717) is 24.0 Å². The second-order valence-electron chi connectivity index (χ2n) is 6.12. The number of fused-ring (bicyclic) bond motifs is 1. The lowest BCUT2D eigenvalue weighted by Gasteiger charge is -2.21. The molecule has 0 bridgehead atoms. The lowest BCUT2D eigenvalue weighted by molar-refractivity contribution is 0.456. The van der Waals surface area contributed by atoms with Crippen molar-refractivity contribution in [3.05, 3.63) is 66.3 Å². The Morgan fingerprint density at radius 2 is 1.69 bits per heavy atom. The summed E-state index contributed by atoms with van der Waals surface area (Å²) in [7, 11) is -0.221. The highest BCUT2D eigenvalue weighted by Crippen LogP contribution is 2.45. The zero-order valence-electron chi connectivity index (χ0n) is 14.4. The second-order valence-corrected chi connectivity index (χ2v) is 7.82. The summed E-state index contributed by atoms with van der Waals surface area (Å²) in [5.74, 6) is -1.70. The molecule has 138 valence electrons. The van der Waals surface area contributed by atoms with Crippen LogP contribution in [0.4, 0.5) is 25.8 Å².